The van der Waals surface area contributed by atoms with Crippen molar-refractivity contribution < 1.29 is 47.5 Å². The maximum atomic E-state index is 13.5. The number of ether oxygens (including phenoxy) is 7. The second-order valence-electron chi connectivity index (χ2n) is 12.0. The molecule has 0 aromatic heterocycles. The van der Waals surface area contributed by atoms with Crippen molar-refractivity contribution in [3.8, 4) is 34.5 Å². The van der Waals surface area contributed by atoms with Crippen LogP contribution in [0.15, 0.2) is 24.3 Å². The van der Waals surface area contributed by atoms with Gasteiger partial charge in [-0.3, -0.25) is 4.79 Å². The summed E-state index contributed by atoms with van der Waals surface area (Å²) in [5, 5.41) is 11.9. The molecule has 11 heteroatoms. The molecule has 1 aliphatic rings. The summed E-state index contributed by atoms with van der Waals surface area (Å²) in [6, 6.07) is 7.02. The zero-order chi connectivity index (χ0) is 32.9. The van der Waals surface area contributed by atoms with Gasteiger partial charge in [0.05, 0.1) is 67.4 Å². The molecule has 0 radical (unpaired) electrons. The van der Waals surface area contributed by atoms with Gasteiger partial charge >= 0.3 is 5.97 Å². The van der Waals surface area contributed by atoms with E-state index in [1.54, 1.807) is 33.5 Å². The molecular weight excluding hydrogens is 584 g/mol. The van der Waals surface area contributed by atoms with Gasteiger partial charge in [-0.05, 0) is 52.0 Å². The van der Waals surface area contributed by atoms with Crippen molar-refractivity contribution in [1.82, 2.24) is 0 Å². The SMILES string of the molecule is COc1cc(C(O)[C@H]2C(=O)OC[C@@H]2[C@H](O[Si](C(C)C)(C(C)C)C(C)C)c2cc(OC)c(OC)c(OC)c2)cc(OC)c1OC. The molecular formula is C33H50O10Si. The van der Waals surface area contributed by atoms with Gasteiger partial charge in [0, 0.05) is 5.92 Å². The average Bonchev–Trinajstić information content (AvgIpc) is 3.39. The Balaban J connectivity index is 2.27. The van der Waals surface area contributed by atoms with Crippen molar-refractivity contribution in [2.24, 2.45) is 11.8 Å². The highest BCUT2D eigenvalue weighted by atomic mass is 28.4. The van der Waals surface area contributed by atoms with Crippen molar-refractivity contribution in [3.63, 3.8) is 0 Å². The molecule has 2 aromatic rings. The molecule has 2 aromatic carbocycles. The number of methoxy groups -OCH3 is 6. The third kappa shape index (κ3) is 6.45. The topological polar surface area (TPSA) is 111 Å². The van der Waals surface area contributed by atoms with E-state index in [0.29, 0.717) is 40.1 Å². The molecule has 0 saturated carbocycles. The van der Waals surface area contributed by atoms with Crippen LogP contribution in [0.4, 0.5) is 0 Å². The fourth-order valence-electron chi connectivity index (χ4n) is 6.97. The van der Waals surface area contributed by atoms with Gasteiger partial charge in [-0.1, -0.05) is 41.5 Å². The van der Waals surface area contributed by atoms with Gasteiger partial charge in [-0.25, -0.2) is 0 Å². The molecule has 1 saturated heterocycles. The largest absolute Gasteiger partial charge is 0.493 e. The first-order chi connectivity index (χ1) is 20.9. The summed E-state index contributed by atoms with van der Waals surface area (Å²) in [6.07, 6.45) is -1.90. The van der Waals surface area contributed by atoms with E-state index in [-0.39, 0.29) is 23.2 Å². The predicted molar refractivity (Wildman–Crippen MR) is 170 cm³/mol. The van der Waals surface area contributed by atoms with Crippen LogP contribution in [0.1, 0.15) is 64.9 Å². The van der Waals surface area contributed by atoms with Crippen LogP contribution < -0.4 is 28.4 Å². The number of cyclic esters (lactones) is 1. The van der Waals surface area contributed by atoms with Crippen LogP contribution in [0, 0.1) is 11.8 Å². The number of aliphatic hydroxyl groups is 1. The number of aliphatic hydroxyl groups excluding tert-OH is 1. The van der Waals surface area contributed by atoms with Crippen molar-refractivity contribution in [1.29, 1.82) is 0 Å². The van der Waals surface area contributed by atoms with Crippen molar-refractivity contribution in [2.75, 3.05) is 49.3 Å². The second-order valence-corrected chi connectivity index (χ2v) is 17.4. The molecule has 3 rings (SSSR count). The Morgan fingerprint density at radius 1 is 0.682 bits per heavy atom. The highest BCUT2D eigenvalue weighted by Gasteiger charge is 2.53. The minimum Gasteiger partial charge on any atom is -0.493 e. The number of esters is 1. The summed E-state index contributed by atoms with van der Waals surface area (Å²) >= 11 is 0. The molecule has 1 N–H and O–H groups in total. The Hall–Kier alpha value is -3.15. The van der Waals surface area contributed by atoms with Gasteiger partial charge in [-0.2, -0.15) is 0 Å². The molecule has 1 heterocycles. The highest BCUT2D eigenvalue weighted by Crippen LogP contribution is 2.52. The first-order valence-corrected chi connectivity index (χ1v) is 17.1. The molecule has 0 bridgehead atoms. The van der Waals surface area contributed by atoms with Crippen LogP contribution in [0.5, 0.6) is 34.5 Å². The first-order valence-electron chi connectivity index (χ1n) is 15.0. The van der Waals surface area contributed by atoms with Crippen LogP contribution >= 0.6 is 0 Å². The summed E-state index contributed by atoms with van der Waals surface area (Å²) < 4.78 is 46.7. The van der Waals surface area contributed by atoms with Crippen molar-refractivity contribution >= 4 is 14.3 Å². The number of benzene rings is 2. The van der Waals surface area contributed by atoms with E-state index in [2.05, 4.69) is 41.5 Å². The molecule has 0 aliphatic carbocycles. The molecule has 44 heavy (non-hydrogen) atoms. The minimum atomic E-state index is -2.54. The maximum Gasteiger partial charge on any atom is 0.312 e. The summed E-state index contributed by atoms with van der Waals surface area (Å²) in [5.74, 6) is 0.480. The van der Waals surface area contributed by atoms with Crippen LogP contribution in [0.25, 0.3) is 0 Å². The molecule has 0 spiro atoms. The van der Waals surface area contributed by atoms with Gasteiger partial charge in [-0.15, -0.1) is 0 Å². The molecule has 1 fully saturated rings. The molecule has 10 nitrogen and oxygen atoms in total. The van der Waals surface area contributed by atoms with Crippen LogP contribution in [-0.2, 0) is 14.0 Å². The van der Waals surface area contributed by atoms with E-state index in [9.17, 15) is 9.90 Å². The Morgan fingerprint density at radius 2 is 1.07 bits per heavy atom. The Labute approximate surface area is 263 Å². The van der Waals surface area contributed by atoms with Gasteiger partial charge in [0.25, 0.3) is 0 Å². The lowest BCUT2D eigenvalue weighted by Crippen LogP contribution is -2.50. The second kappa shape index (κ2) is 14.8. The average molecular weight is 635 g/mol. The summed E-state index contributed by atoms with van der Waals surface area (Å²) in [5.41, 5.74) is 1.93. The fourth-order valence-corrected chi connectivity index (χ4v) is 12.5. The zero-order valence-corrected chi connectivity index (χ0v) is 29.2. The zero-order valence-electron chi connectivity index (χ0n) is 28.2. The lowest BCUT2D eigenvalue weighted by Gasteiger charge is -2.46. The van der Waals surface area contributed by atoms with Crippen molar-refractivity contribution in [2.45, 2.75) is 70.4 Å². The minimum absolute atomic E-state index is 0.0606. The van der Waals surface area contributed by atoms with E-state index in [1.165, 1.54) is 21.3 Å². The van der Waals surface area contributed by atoms with E-state index in [0.717, 1.165) is 5.56 Å². The predicted octanol–water partition coefficient (Wildman–Crippen LogP) is 6.49. The number of carbonyl (C=O) groups excluding carboxylic acids is 1. The van der Waals surface area contributed by atoms with E-state index in [4.69, 9.17) is 37.6 Å². The maximum absolute atomic E-state index is 13.5. The summed E-state index contributed by atoms with van der Waals surface area (Å²) in [7, 11) is 6.64. The van der Waals surface area contributed by atoms with Gasteiger partial charge in [0.15, 0.2) is 23.0 Å². The van der Waals surface area contributed by atoms with Crippen LogP contribution in [0.3, 0.4) is 0 Å². The molecule has 1 aliphatic heterocycles. The fraction of sp³-hybridized carbons (Fsp3) is 0.606. The Kier molecular flexibility index (Phi) is 11.8. The molecule has 1 unspecified atom stereocenters. The quantitative estimate of drug-likeness (QED) is 0.172. The monoisotopic (exact) mass is 634 g/mol. The number of hydrogen-bond acceptors (Lipinski definition) is 10. The van der Waals surface area contributed by atoms with Crippen LogP contribution in [0.2, 0.25) is 16.6 Å². The van der Waals surface area contributed by atoms with Gasteiger partial charge < -0.3 is 42.7 Å². The lowest BCUT2D eigenvalue weighted by molar-refractivity contribution is -0.144. The Bertz CT molecular complexity index is 1210. The lowest BCUT2D eigenvalue weighted by atomic mass is 9.81. The third-order valence-electron chi connectivity index (χ3n) is 8.96. The van der Waals surface area contributed by atoms with Gasteiger partial charge in [0.2, 0.25) is 19.8 Å². The molecule has 4 atom stereocenters. The van der Waals surface area contributed by atoms with E-state index < -0.39 is 38.3 Å². The molecule has 0 amide bonds. The normalized spacial score (nSPS) is 18.3. The van der Waals surface area contributed by atoms with Crippen molar-refractivity contribution in [3.05, 3.63) is 35.4 Å². The van der Waals surface area contributed by atoms with Crippen LogP contribution in [-0.4, -0.2) is 68.7 Å². The summed E-state index contributed by atoms with van der Waals surface area (Å²) in [4.78, 5) is 13.5. The first kappa shape index (κ1) is 35.3. The Morgan fingerprint density at radius 3 is 1.41 bits per heavy atom. The smallest absolute Gasteiger partial charge is 0.312 e. The van der Waals surface area contributed by atoms with E-state index >= 15 is 0 Å². The van der Waals surface area contributed by atoms with E-state index in [1.807, 2.05) is 12.1 Å². The number of hydrogen-bond donors (Lipinski definition) is 1. The summed E-state index contributed by atoms with van der Waals surface area (Å²) in [6.45, 7) is 13.3. The third-order valence-corrected chi connectivity index (χ3v) is 15.0. The molecule has 246 valence electrons. The number of rotatable bonds is 15. The van der Waals surface area contributed by atoms with Gasteiger partial charge in [0.1, 0.15) is 0 Å². The number of carbonyl (C=O) groups is 1. The standard InChI is InChI=1S/C33H50O10Si/c1-18(2)44(19(3)4,20(5)6)43-30(22-15-26(38-9)32(41-12)27(16-22)39-10)23-17-42-33(35)28(23)29(34)21-13-24(36-7)31(40-11)25(14-21)37-8/h13-16,18-20,23,28-30,34H,17H2,1-12H3/t23-,28-,29?,30+/m0/s1. The highest BCUT2D eigenvalue weighted by molar-refractivity contribution is 6.77.